The van der Waals surface area contributed by atoms with E-state index in [0.717, 1.165) is 11.1 Å². The van der Waals surface area contributed by atoms with Crippen LogP contribution in [0.2, 0.25) is 0 Å². The number of fused-ring (bicyclic) bond motifs is 1. The van der Waals surface area contributed by atoms with E-state index in [1.54, 1.807) is 12.1 Å². The number of hydrogen-bond acceptors (Lipinski definition) is 3. The zero-order chi connectivity index (χ0) is 13.0. The maximum atomic E-state index is 11.3. The van der Waals surface area contributed by atoms with Gasteiger partial charge in [-0.25, -0.2) is 4.79 Å². The Balaban J connectivity index is 2.01. The number of nitriles is 1. The highest BCUT2D eigenvalue weighted by Gasteiger charge is 2.03. The Morgan fingerprint density at radius 2 is 2.11 bits per heavy atom. The highest BCUT2D eigenvalue weighted by Crippen LogP contribution is 2.09. The van der Waals surface area contributed by atoms with Crippen molar-refractivity contribution in [3.63, 3.8) is 0 Å². The maximum absolute atomic E-state index is 11.3. The molecule has 0 aliphatic heterocycles. The van der Waals surface area contributed by atoms with Crippen LogP contribution in [0.15, 0.2) is 23.0 Å². The van der Waals surface area contributed by atoms with E-state index in [1.807, 2.05) is 12.1 Å². The SMILES string of the molecule is N#CCCC(=O)NCc1ccc2[nH]c(=O)[nH]c2c1. The molecular formula is C12H12N4O2. The van der Waals surface area contributed by atoms with Gasteiger partial charge in [-0.2, -0.15) is 5.26 Å². The lowest BCUT2D eigenvalue weighted by molar-refractivity contribution is -0.121. The van der Waals surface area contributed by atoms with E-state index < -0.39 is 0 Å². The minimum atomic E-state index is -0.250. The molecule has 0 spiro atoms. The second-order valence-electron chi connectivity index (χ2n) is 3.89. The third kappa shape index (κ3) is 2.77. The molecule has 0 radical (unpaired) electrons. The number of aromatic nitrogens is 2. The molecule has 3 N–H and O–H groups in total. The summed E-state index contributed by atoms with van der Waals surface area (Å²) in [7, 11) is 0. The van der Waals surface area contributed by atoms with E-state index in [0.29, 0.717) is 12.1 Å². The van der Waals surface area contributed by atoms with Gasteiger partial charge >= 0.3 is 5.69 Å². The third-order valence-corrected chi connectivity index (χ3v) is 2.53. The van der Waals surface area contributed by atoms with Gasteiger partial charge in [0.05, 0.1) is 17.1 Å². The number of aromatic amines is 2. The number of rotatable bonds is 4. The molecule has 1 aromatic carbocycles. The molecule has 0 saturated heterocycles. The van der Waals surface area contributed by atoms with Crippen molar-refractivity contribution < 1.29 is 4.79 Å². The van der Waals surface area contributed by atoms with Crippen molar-refractivity contribution in [3.8, 4) is 6.07 Å². The van der Waals surface area contributed by atoms with Gasteiger partial charge in [-0.15, -0.1) is 0 Å². The number of carbonyl (C=O) groups excluding carboxylic acids is 1. The molecule has 0 aliphatic carbocycles. The Hall–Kier alpha value is -2.55. The van der Waals surface area contributed by atoms with Crippen LogP contribution in [-0.2, 0) is 11.3 Å². The topological polar surface area (TPSA) is 102 Å². The van der Waals surface area contributed by atoms with Crippen LogP contribution in [0.3, 0.4) is 0 Å². The number of amides is 1. The lowest BCUT2D eigenvalue weighted by atomic mass is 10.2. The molecular weight excluding hydrogens is 232 g/mol. The molecule has 2 rings (SSSR count). The molecule has 6 nitrogen and oxygen atoms in total. The summed E-state index contributed by atoms with van der Waals surface area (Å²) in [6.45, 7) is 0.382. The van der Waals surface area contributed by atoms with Crippen LogP contribution < -0.4 is 11.0 Å². The first kappa shape index (κ1) is 11.9. The Bertz CT molecular complexity index is 663. The fraction of sp³-hybridized carbons (Fsp3) is 0.250. The minimum absolute atomic E-state index is 0.154. The van der Waals surface area contributed by atoms with Crippen LogP contribution in [0, 0.1) is 11.3 Å². The fourth-order valence-electron chi connectivity index (χ4n) is 1.65. The molecule has 1 heterocycles. The zero-order valence-corrected chi connectivity index (χ0v) is 9.62. The maximum Gasteiger partial charge on any atom is 0.323 e. The lowest BCUT2D eigenvalue weighted by Gasteiger charge is -2.03. The summed E-state index contributed by atoms with van der Waals surface area (Å²) in [6.07, 6.45) is 0.426. The van der Waals surface area contributed by atoms with Gasteiger partial charge in [-0.3, -0.25) is 4.79 Å². The van der Waals surface area contributed by atoms with Crippen LogP contribution in [0.1, 0.15) is 18.4 Å². The molecule has 0 aliphatic rings. The largest absolute Gasteiger partial charge is 0.352 e. The first-order valence-electron chi connectivity index (χ1n) is 5.53. The number of H-pyrrole nitrogens is 2. The van der Waals surface area contributed by atoms with Gasteiger partial charge < -0.3 is 15.3 Å². The second kappa shape index (κ2) is 5.19. The number of nitrogens with one attached hydrogen (secondary N) is 3. The van der Waals surface area contributed by atoms with Gasteiger partial charge in [0.1, 0.15) is 0 Å². The van der Waals surface area contributed by atoms with Crippen molar-refractivity contribution in [2.24, 2.45) is 0 Å². The lowest BCUT2D eigenvalue weighted by Crippen LogP contribution is -2.22. The van der Waals surface area contributed by atoms with Crippen molar-refractivity contribution in [3.05, 3.63) is 34.2 Å². The van der Waals surface area contributed by atoms with E-state index in [4.69, 9.17) is 5.26 Å². The smallest absolute Gasteiger partial charge is 0.323 e. The van der Waals surface area contributed by atoms with Crippen molar-refractivity contribution in [1.29, 1.82) is 5.26 Å². The number of imidazole rings is 1. The quantitative estimate of drug-likeness (QED) is 0.740. The van der Waals surface area contributed by atoms with Crippen LogP contribution in [-0.4, -0.2) is 15.9 Å². The van der Waals surface area contributed by atoms with Crippen molar-refractivity contribution >= 4 is 16.9 Å². The number of carbonyl (C=O) groups is 1. The molecule has 92 valence electrons. The number of nitrogens with zero attached hydrogens (tertiary/aromatic N) is 1. The van der Waals surface area contributed by atoms with Gasteiger partial charge in [-0.05, 0) is 17.7 Å². The van der Waals surface area contributed by atoms with Gasteiger partial charge in [0.2, 0.25) is 5.91 Å². The van der Waals surface area contributed by atoms with Crippen LogP contribution >= 0.6 is 0 Å². The predicted molar refractivity (Wildman–Crippen MR) is 65.6 cm³/mol. The Labute approximate surface area is 103 Å². The summed E-state index contributed by atoms with van der Waals surface area (Å²) in [5.41, 5.74) is 2.09. The van der Waals surface area contributed by atoms with Crippen LogP contribution in [0.5, 0.6) is 0 Å². The number of hydrogen-bond donors (Lipinski definition) is 3. The van der Waals surface area contributed by atoms with Crippen LogP contribution in [0.25, 0.3) is 11.0 Å². The highest BCUT2D eigenvalue weighted by atomic mass is 16.1. The molecule has 1 amide bonds. The summed E-state index contributed by atoms with van der Waals surface area (Å²) >= 11 is 0. The number of benzene rings is 1. The van der Waals surface area contributed by atoms with Gasteiger partial charge in [0.25, 0.3) is 0 Å². The average molecular weight is 244 g/mol. The summed E-state index contributed by atoms with van der Waals surface area (Å²) in [6, 6.07) is 7.33. The van der Waals surface area contributed by atoms with Crippen molar-refractivity contribution in [2.75, 3.05) is 0 Å². The van der Waals surface area contributed by atoms with E-state index in [9.17, 15) is 9.59 Å². The molecule has 1 aromatic heterocycles. The van der Waals surface area contributed by atoms with E-state index in [2.05, 4.69) is 15.3 Å². The van der Waals surface area contributed by atoms with Crippen molar-refractivity contribution in [1.82, 2.24) is 15.3 Å². The fourth-order valence-corrected chi connectivity index (χ4v) is 1.65. The summed E-state index contributed by atoms with van der Waals surface area (Å²) in [5, 5.41) is 11.1. The molecule has 0 bridgehead atoms. The standard InChI is InChI=1S/C12H12N4O2/c13-5-1-2-11(17)14-7-8-3-4-9-10(6-8)16-12(18)15-9/h3-4,6H,1-2,7H2,(H,14,17)(H2,15,16,18). The Morgan fingerprint density at radius 3 is 2.89 bits per heavy atom. The first-order valence-corrected chi connectivity index (χ1v) is 5.53. The molecule has 0 fully saturated rings. The van der Waals surface area contributed by atoms with Gasteiger partial charge in [0, 0.05) is 19.4 Å². The monoisotopic (exact) mass is 244 g/mol. The molecule has 0 atom stereocenters. The molecule has 0 saturated carbocycles. The zero-order valence-electron chi connectivity index (χ0n) is 9.62. The summed E-state index contributed by atoms with van der Waals surface area (Å²) in [5.74, 6) is -0.154. The minimum Gasteiger partial charge on any atom is -0.352 e. The Morgan fingerprint density at radius 1 is 1.33 bits per heavy atom. The molecule has 0 unspecified atom stereocenters. The second-order valence-corrected chi connectivity index (χ2v) is 3.89. The molecule has 6 heteroatoms. The van der Waals surface area contributed by atoms with Crippen LogP contribution in [0.4, 0.5) is 0 Å². The summed E-state index contributed by atoms with van der Waals surface area (Å²) < 4.78 is 0. The van der Waals surface area contributed by atoms with Gasteiger partial charge in [-0.1, -0.05) is 6.07 Å². The Kier molecular flexibility index (Phi) is 3.44. The molecule has 2 aromatic rings. The van der Waals surface area contributed by atoms with E-state index >= 15 is 0 Å². The normalized spacial score (nSPS) is 10.2. The summed E-state index contributed by atoms with van der Waals surface area (Å²) in [4.78, 5) is 27.7. The molecule has 18 heavy (non-hydrogen) atoms. The highest BCUT2D eigenvalue weighted by molar-refractivity contribution is 5.77. The van der Waals surface area contributed by atoms with E-state index in [1.165, 1.54) is 0 Å². The predicted octanol–water partition coefficient (Wildman–Crippen LogP) is 0.776. The first-order chi connectivity index (χ1) is 8.69. The van der Waals surface area contributed by atoms with Gasteiger partial charge in [0.15, 0.2) is 0 Å². The average Bonchev–Trinajstić information content (AvgIpc) is 2.73. The van der Waals surface area contributed by atoms with Crippen molar-refractivity contribution in [2.45, 2.75) is 19.4 Å². The third-order valence-electron chi connectivity index (χ3n) is 2.53. The van der Waals surface area contributed by atoms with E-state index in [-0.39, 0.29) is 24.4 Å².